The Balaban J connectivity index is 1.42. The second-order valence-corrected chi connectivity index (χ2v) is 5.30. The van der Waals surface area contributed by atoms with Crippen LogP contribution in [0.4, 0.5) is 4.39 Å². The van der Waals surface area contributed by atoms with Crippen LogP contribution in [0.5, 0.6) is 5.75 Å². The molecule has 0 fully saturated rings. The number of hydrogen-bond acceptors (Lipinski definition) is 4. The van der Waals surface area contributed by atoms with Gasteiger partial charge in [-0.3, -0.25) is 0 Å². The van der Waals surface area contributed by atoms with Gasteiger partial charge in [0.25, 0.3) is 0 Å². The quantitative estimate of drug-likeness (QED) is 0.487. The maximum Gasteiger partial charge on any atom is 0.341 e. The van der Waals surface area contributed by atoms with Gasteiger partial charge in [-0.1, -0.05) is 18.2 Å². The number of halogens is 1. The Kier molecular flexibility index (Phi) is 5.41. The molecule has 5 nitrogen and oxygen atoms in total. The number of esters is 1. The minimum Gasteiger partial charge on any atom is -0.493 e. The topological polar surface area (TPSA) is 53.4 Å². The van der Waals surface area contributed by atoms with Gasteiger partial charge < -0.3 is 9.47 Å². The first-order valence-corrected chi connectivity index (χ1v) is 7.88. The Hall–Kier alpha value is -3.15. The molecule has 2 aromatic carbocycles. The molecule has 0 saturated carbocycles. The lowest BCUT2D eigenvalue weighted by molar-refractivity contribution is 0.0486. The number of carbonyl (C=O) groups excluding carboxylic acids is 1. The second-order valence-electron chi connectivity index (χ2n) is 5.30. The molecule has 6 heteroatoms. The van der Waals surface area contributed by atoms with Crippen molar-refractivity contribution >= 4 is 5.97 Å². The third kappa shape index (κ3) is 4.67. The van der Waals surface area contributed by atoms with Crippen molar-refractivity contribution in [2.45, 2.75) is 6.42 Å². The number of aromatic nitrogens is 2. The summed E-state index contributed by atoms with van der Waals surface area (Å²) in [6.07, 6.45) is 3.65. The maximum absolute atomic E-state index is 12.8. The van der Waals surface area contributed by atoms with Gasteiger partial charge in [-0.05, 0) is 36.4 Å². The van der Waals surface area contributed by atoms with Crippen molar-refractivity contribution in [2.75, 3.05) is 13.2 Å². The zero-order chi connectivity index (χ0) is 17.5. The van der Waals surface area contributed by atoms with Gasteiger partial charge in [0.15, 0.2) is 0 Å². The predicted molar refractivity (Wildman–Crippen MR) is 90.4 cm³/mol. The van der Waals surface area contributed by atoms with E-state index in [-0.39, 0.29) is 12.4 Å². The first-order valence-electron chi connectivity index (χ1n) is 7.88. The maximum atomic E-state index is 12.8. The lowest BCUT2D eigenvalue weighted by Gasteiger charge is -2.06. The summed E-state index contributed by atoms with van der Waals surface area (Å²) < 4.78 is 25.0. The van der Waals surface area contributed by atoms with Crippen molar-refractivity contribution in [1.29, 1.82) is 0 Å². The fourth-order valence-electron chi connectivity index (χ4n) is 2.18. The summed E-state index contributed by atoms with van der Waals surface area (Å²) in [6, 6.07) is 15.3. The Labute approximate surface area is 144 Å². The molecule has 3 aromatic rings. The third-order valence-corrected chi connectivity index (χ3v) is 3.44. The van der Waals surface area contributed by atoms with Crippen LogP contribution < -0.4 is 4.74 Å². The van der Waals surface area contributed by atoms with Crippen LogP contribution in [0.2, 0.25) is 0 Å². The van der Waals surface area contributed by atoms with Gasteiger partial charge in [-0.2, -0.15) is 5.10 Å². The Morgan fingerprint density at radius 2 is 1.80 bits per heavy atom. The van der Waals surface area contributed by atoms with Gasteiger partial charge in [0, 0.05) is 12.6 Å². The van der Waals surface area contributed by atoms with Crippen molar-refractivity contribution in [1.82, 2.24) is 9.78 Å². The molecular weight excluding hydrogens is 323 g/mol. The van der Waals surface area contributed by atoms with Gasteiger partial charge in [-0.25, -0.2) is 13.9 Å². The number of ether oxygens (including phenoxy) is 2. The molecule has 0 amide bonds. The van der Waals surface area contributed by atoms with Crippen LogP contribution in [-0.2, 0) is 4.74 Å². The van der Waals surface area contributed by atoms with Crippen molar-refractivity contribution in [3.05, 3.63) is 78.4 Å². The van der Waals surface area contributed by atoms with E-state index in [0.29, 0.717) is 24.3 Å². The minimum absolute atomic E-state index is 0.233. The first kappa shape index (κ1) is 16.7. The highest BCUT2D eigenvalue weighted by Gasteiger charge is 2.10. The van der Waals surface area contributed by atoms with Crippen LogP contribution in [0.3, 0.4) is 0 Å². The monoisotopic (exact) mass is 340 g/mol. The highest BCUT2D eigenvalue weighted by Crippen LogP contribution is 2.11. The van der Waals surface area contributed by atoms with E-state index in [1.54, 1.807) is 23.0 Å². The number of para-hydroxylation sites is 1. The summed E-state index contributed by atoms with van der Waals surface area (Å²) in [7, 11) is 0. The van der Waals surface area contributed by atoms with Gasteiger partial charge in [-0.15, -0.1) is 0 Å². The Morgan fingerprint density at radius 3 is 2.56 bits per heavy atom. The van der Waals surface area contributed by atoms with Gasteiger partial charge in [0.1, 0.15) is 11.6 Å². The minimum atomic E-state index is -0.427. The fourth-order valence-corrected chi connectivity index (χ4v) is 2.18. The summed E-state index contributed by atoms with van der Waals surface area (Å²) in [6.45, 7) is 0.610. The molecule has 0 atom stereocenters. The molecule has 0 N–H and O–H groups in total. The fraction of sp³-hybridized carbons (Fsp3) is 0.158. The average Bonchev–Trinajstić information content (AvgIpc) is 3.14. The lowest BCUT2D eigenvalue weighted by atomic mass is 10.3. The highest BCUT2D eigenvalue weighted by atomic mass is 19.1. The van der Waals surface area contributed by atoms with Gasteiger partial charge >= 0.3 is 5.97 Å². The second kappa shape index (κ2) is 8.10. The summed E-state index contributed by atoms with van der Waals surface area (Å²) in [5.74, 6) is -0.154. The number of nitrogens with zero attached hydrogens (tertiary/aromatic N) is 2. The van der Waals surface area contributed by atoms with Crippen LogP contribution in [0.15, 0.2) is 67.0 Å². The molecule has 0 aliphatic rings. The van der Waals surface area contributed by atoms with Crippen molar-refractivity contribution < 1.29 is 18.7 Å². The molecule has 3 rings (SSSR count). The van der Waals surface area contributed by atoms with Crippen LogP contribution in [0, 0.1) is 5.82 Å². The van der Waals surface area contributed by atoms with Crippen molar-refractivity contribution in [3.63, 3.8) is 0 Å². The number of carbonyl (C=O) groups is 1. The van der Waals surface area contributed by atoms with Gasteiger partial charge in [0.2, 0.25) is 0 Å². The first-order chi connectivity index (χ1) is 12.2. The molecule has 0 aliphatic carbocycles. The SMILES string of the molecule is O=C(OCCCOc1ccc(F)cc1)c1cnn(-c2ccccc2)c1. The number of hydrogen-bond donors (Lipinski definition) is 0. The third-order valence-electron chi connectivity index (χ3n) is 3.44. The molecule has 0 bridgehead atoms. The normalized spacial score (nSPS) is 10.4. The summed E-state index contributed by atoms with van der Waals surface area (Å²) >= 11 is 0. The molecule has 25 heavy (non-hydrogen) atoms. The molecular formula is C19H17FN2O3. The molecule has 0 spiro atoms. The van der Waals surface area contributed by atoms with Gasteiger partial charge in [0.05, 0.1) is 30.7 Å². The molecule has 0 unspecified atom stereocenters. The van der Waals surface area contributed by atoms with E-state index in [9.17, 15) is 9.18 Å². The summed E-state index contributed by atoms with van der Waals surface area (Å²) in [5.41, 5.74) is 1.26. The highest BCUT2D eigenvalue weighted by molar-refractivity contribution is 5.88. The Bertz CT molecular complexity index is 816. The van der Waals surface area contributed by atoms with E-state index in [1.165, 1.54) is 18.3 Å². The van der Waals surface area contributed by atoms with Crippen LogP contribution in [0.1, 0.15) is 16.8 Å². The van der Waals surface area contributed by atoms with E-state index >= 15 is 0 Å². The molecule has 0 aliphatic heterocycles. The van der Waals surface area contributed by atoms with E-state index in [0.717, 1.165) is 5.69 Å². The molecule has 0 radical (unpaired) electrons. The number of benzene rings is 2. The van der Waals surface area contributed by atoms with Crippen LogP contribution >= 0.6 is 0 Å². The zero-order valence-electron chi connectivity index (χ0n) is 13.5. The van der Waals surface area contributed by atoms with E-state index in [1.807, 2.05) is 30.3 Å². The summed E-state index contributed by atoms with van der Waals surface area (Å²) in [5, 5.41) is 4.16. The standard InChI is InChI=1S/C19H17FN2O3/c20-16-7-9-18(10-8-16)24-11-4-12-25-19(23)15-13-21-22(14-15)17-5-2-1-3-6-17/h1-3,5-10,13-14H,4,11-12H2. The largest absolute Gasteiger partial charge is 0.493 e. The molecule has 128 valence electrons. The molecule has 1 heterocycles. The Morgan fingerprint density at radius 1 is 1.04 bits per heavy atom. The lowest BCUT2D eigenvalue weighted by Crippen LogP contribution is -2.08. The van der Waals surface area contributed by atoms with E-state index < -0.39 is 5.97 Å². The molecule has 0 saturated heterocycles. The van der Waals surface area contributed by atoms with E-state index in [2.05, 4.69) is 5.10 Å². The van der Waals surface area contributed by atoms with Crippen LogP contribution in [0.25, 0.3) is 5.69 Å². The number of rotatable bonds is 7. The predicted octanol–water partition coefficient (Wildman–Crippen LogP) is 3.64. The average molecular weight is 340 g/mol. The smallest absolute Gasteiger partial charge is 0.341 e. The van der Waals surface area contributed by atoms with Crippen molar-refractivity contribution in [2.24, 2.45) is 0 Å². The van der Waals surface area contributed by atoms with Crippen molar-refractivity contribution in [3.8, 4) is 11.4 Å². The zero-order valence-corrected chi connectivity index (χ0v) is 13.5. The molecule has 1 aromatic heterocycles. The summed E-state index contributed by atoms with van der Waals surface area (Å²) in [4.78, 5) is 12.0. The van der Waals surface area contributed by atoms with Crippen LogP contribution in [-0.4, -0.2) is 29.0 Å². The van der Waals surface area contributed by atoms with E-state index in [4.69, 9.17) is 9.47 Å².